The van der Waals surface area contributed by atoms with Crippen LogP contribution < -0.4 is 0 Å². The monoisotopic (exact) mass is 201 g/mol. The van der Waals surface area contributed by atoms with Gasteiger partial charge in [0.1, 0.15) is 12.1 Å². The Morgan fingerprint density at radius 1 is 1.40 bits per heavy atom. The lowest BCUT2D eigenvalue weighted by Gasteiger charge is -2.18. The summed E-state index contributed by atoms with van der Waals surface area (Å²) >= 11 is 0. The average Bonchev–Trinajstić information content (AvgIpc) is 2.64. The zero-order valence-electron chi connectivity index (χ0n) is 9.16. The van der Waals surface area contributed by atoms with Crippen LogP contribution in [0, 0.1) is 0 Å². The molecule has 0 radical (unpaired) electrons. The molecule has 0 amide bonds. The fraction of sp³-hybridized carbons (Fsp3) is 0.308. The predicted molar refractivity (Wildman–Crippen MR) is 62.0 cm³/mol. The summed E-state index contributed by atoms with van der Waals surface area (Å²) in [4.78, 5) is 4.58. The SMILES string of the molecule is C=C(C)C1=NC(C)(c2ccccc2)CO1. The highest BCUT2D eigenvalue weighted by molar-refractivity contribution is 5.93. The molecule has 0 saturated heterocycles. The van der Waals surface area contributed by atoms with Gasteiger partial charge < -0.3 is 4.74 Å². The van der Waals surface area contributed by atoms with Crippen molar-refractivity contribution in [1.29, 1.82) is 0 Å². The second-order valence-corrected chi connectivity index (χ2v) is 4.13. The summed E-state index contributed by atoms with van der Waals surface area (Å²) in [5.74, 6) is 0.682. The van der Waals surface area contributed by atoms with Crippen molar-refractivity contribution in [2.75, 3.05) is 6.61 Å². The van der Waals surface area contributed by atoms with Gasteiger partial charge in [0.15, 0.2) is 0 Å². The smallest absolute Gasteiger partial charge is 0.212 e. The molecule has 1 aliphatic rings. The Bertz CT molecular complexity index is 408. The Morgan fingerprint density at radius 3 is 2.60 bits per heavy atom. The van der Waals surface area contributed by atoms with Gasteiger partial charge in [-0.2, -0.15) is 0 Å². The van der Waals surface area contributed by atoms with Crippen molar-refractivity contribution in [1.82, 2.24) is 0 Å². The maximum atomic E-state index is 5.53. The fourth-order valence-electron chi connectivity index (χ4n) is 1.66. The Morgan fingerprint density at radius 2 is 2.07 bits per heavy atom. The van der Waals surface area contributed by atoms with E-state index >= 15 is 0 Å². The van der Waals surface area contributed by atoms with E-state index in [0.717, 1.165) is 5.57 Å². The number of benzene rings is 1. The molecule has 1 aromatic carbocycles. The molecule has 0 spiro atoms. The fourth-order valence-corrected chi connectivity index (χ4v) is 1.66. The highest BCUT2D eigenvalue weighted by atomic mass is 16.5. The summed E-state index contributed by atoms with van der Waals surface area (Å²) in [6, 6.07) is 10.2. The molecule has 78 valence electrons. The first kappa shape index (κ1) is 9.97. The summed E-state index contributed by atoms with van der Waals surface area (Å²) in [7, 11) is 0. The van der Waals surface area contributed by atoms with Gasteiger partial charge in [0.2, 0.25) is 5.90 Å². The van der Waals surface area contributed by atoms with E-state index in [9.17, 15) is 0 Å². The number of hydrogen-bond acceptors (Lipinski definition) is 2. The van der Waals surface area contributed by atoms with Gasteiger partial charge in [0.25, 0.3) is 0 Å². The van der Waals surface area contributed by atoms with Gasteiger partial charge in [0, 0.05) is 5.57 Å². The van der Waals surface area contributed by atoms with Gasteiger partial charge in [0.05, 0.1) is 0 Å². The van der Waals surface area contributed by atoms with Crippen molar-refractivity contribution in [3.05, 3.63) is 48.0 Å². The van der Waals surface area contributed by atoms with E-state index in [0.29, 0.717) is 12.5 Å². The molecule has 0 aliphatic carbocycles. The van der Waals surface area contributed by atoms with E-state index in [1.807, 2.05) is 25.1 Å². The summed E-state index contributed by atoms with van der Waals surface area (Å²) in [5, 5.41) is 0. The van der Waals surface area contributed by atoms with E-state index in [4.69, 9.17) is 4.74 Å². The van der Waals surface area contributed by atoms with Crippen LogP contribution in [0.15, 0.2) is 47.5 Å². The summed E-state index contributed by atoms with van der Waals surface area (Å²) < 4.78 is 5.53. The van der Waals surface area contributed by atoms with Gasteiger partial charge in [-0.1, -0.05) is 36.9 Å². The van der Waals surface area contributed by atoms with Gasteiger partial charge >= 0.3 is 0 Å². The van der Waals surface area contributed by atoms with Gasteiger partial charge in [-0.15, -0.1) is 0 Å². The van der Waals surface area contributed by atoms with Crippen LogP contribution >= 0.6 is 0 Å². The minimum Gasteiger partial charge on any atom is -0.475 e. The lowest BCUT2D eigenvalue weighted by Crippen LogP contribution is -2.20. The highest BCUT2D eigenvalue weighted by Crippen LogP contribution is 2.31. The number of aliphatic imine (C=N–C) groups is 1. The second-order valence-electron chi connectivity index (χ2n) is 4.13. The third-order valence-corrected chi connectivity index (χ3v) is 2.60. The molecule has 2 nitrogen and oxygen atoms in total. The minimum atomic E-state index is -0.254. The Labute approximate surface area is 90.3 Å². The number of ether oxygens (including phenoxy) is 1. The molecule has 0 N–H and O–H groups in total. The number of hydrogen-bond donors (Lipinski definition) is 0. The molecule has 0 fully saturated rings. The third kappa shape index (κ3) is 1.80. The molecule has 1 aliphatic heterocycles. The van der Waals surface area contributed by atoms with E-state index in [2.05, 4.69) is 30.6 Å². The maximum absolute atomic E-state index is 5.53. The van der Waals surface area contributed by atoms with E-state index in [1.54, 1.807) is 0 Å². The first-order valence-electron chi connectivity index (χ1n) is 5.06. The molecule has 2 rings (SSSR count). The normalized spacial score (nSPS) is 24.5. The van der Waals surface area contributed by atoms with Crippen molar-refractivity contribution in [3.8, 4) is 0 Å². The zero-order valence-corrected chi connectivity index (χ0v) is 9.16. The van der Waals surface area contributed by atoms with Crippen LogP contribution in [0.2, 0.25) is 0 Å². The van der Waals surface area contributed by atoms with Gasteiger partial charge in [-0.05, 0) is 19.4 Å². The molecule has 0 bridgehead atoms. The summed E-state index contributed by atoms with van der Waals surface area (Å²) in [5.41, 5.74) is 1.81. The molecule has 0 aromatic heterocycles. The largest absolute Gasteiger partial charge is 0.475 e. The highest BCUT2D eigenvalue weighted by Gasteiger charge is 2.33. The van der Waals surface area contributed by atoms with Crippen LogP contribution in [0.5, 0.6) is 0 Å². The molecule has 0 saturated carbocycles. The van der Waals surface area contributed by atoms with Gasteiger partial charge in [-0.3, -0.25) is 0 Å². The number of nitrogens with zero attached hydrogens (tertiary/aromatic N) is 1. The van der Waals surface area contributed by atoms with Crippen LogP contribution in [-0.4, -0.2) is 12.5 Å². The molecular formula is C13H15NO. The molecular weight excluding hydrogens is 186 g/mol. The second kappa shape index (κ2) is 3.54. The zero-order chi connectivity index (χ0) is 10.9. The summed E-state index contributed by atoms with van der Waals surface area (Å²) in [6.07, 6.45) is 0. The molecule has 1 unspecified atom stereocenters. The van der Waals surface area contributed by atoms with Crippen molar-refractivity contribution in [2.45, 2.75) is 19.4 Å². The maximum Gasteiger partial charge on any atom is 0.212 e. The topological polar surface area (TPSA) is 21.6 Å². The Kier molecular flexibility index (Phi) is 2.35. The van der Waals surface area contributed by atoms with E-state index < -0.39 is 0 Å². The Balaban J connectivity index is 2.35. The van der Waals surface area contributed by atoms with E-state index in [-0.39, 0.29) is 5.54 Å². The van der Waals surface area contributed by atoms with Crippen molar-refractivity contribution in [2.24, 2.45) is 4.99 Å². The molecule has 2 heteroatoms. The van der Waals surface area contributed by atoms with Crippen LogP contribution in [0.1, 0.15) is 19.4 Å². The van der Waals surface area contributed by atoms with Crippen LogP contribution in [-0.2, 0) is 10.3 Å². The predicted octanol–water partition coefficient (Wildman–Crippen LogP) is 2.91. The summed E-state index contributed by atoms with van der Waals surface area (Å²) in [6.45, 7) is 8.43. The van der Waals surface area contributed by atoms with Crippen LogP contribution in [0.4, 0.5) is 0 Å². The first-order valence-corrected chi connectivity index (χ1v) is 5.06. The lowest BCUT2D eigenvalue weighted by molar-refractivity contribution is 0.269. The van der Waals surface area contributed by atoms with Crippen molar-refractivity contribution >= 4 is 5.90 Å². The third-order valence-electron chi connectivity index (χ3n) is 2.60. The van der Waals surface area contributed by atoms with Crippen molar-refractivity contribution in [3.63, 3.8) is 0 Å². The van der Waals surface area contributed by atoms with Crippen LogP contribution in [0.25, 0.3) is 0 Å². The molecule has 15 heavy (non-hydrogen) atoms. The Hall–Kier alpha value is -1.57. The number of rotatable bonds is 2. The quantitative estimate of drug-likeness (QED) is 0.721. The molecule has 1 atom stereocenters. The van der Waals surface area contributed by atoms with Crippen LogP contribution in [0.3, 0.4) is 0 Å². The molecule has 1 aromatic rings. The minimum absolute atomic E-state index is 0.254. The average molecular weight is 201 g/mol. The standard InChI is InChI=1S/C13H15NO/c1-10(2)12-14-13(3,9-15-12)11-7-5-4-6-8-11/h4-8H,1,9H2,2-3H3. The van der Waals surface area contributed by atoms with Gasteiger partial charge in [-0.25, -0.2) is 4.99 Å². The first-order chi connectivity index (χ1) is 7.12. The van der Waals surface area contributed by atoms with Crippen molar-refractivity contribution < 1.29 is 4.74 Å². The lowest BCUT2D eigenvalue weighted by atomic mass is 9.94. The van der Waals surface area contributed by atoms with E-state index in [1.165, 1.54) is 5.56 Å². The molecule has 1 heterocycles.